The molecule has 0 saturated carbocycles. The van der Waals surface area contributed by atoms with Gasteiger partial charge in [-0.25, -0.2) is 0 Å². The second-order valence-electron chi connectivity index (χ2n) is 6.09. The highest BCUT2D eigenvalue weighted by atomic mass is 14.1. The van der Waals surface area contributed by atoms with Crippen molar-refractivity contribution in [2.75, 3.05) is 0 Å². The predicted molar refractivity (Wildman–Crippen MR) is 99.9 cm³/mol. The molecule has 0 bridgehead atoms. The molecule has 0 N–H and O–H groups in total. The molecule has 3 rings (SSSR count). The lowest BCUT2D eigenvalue weighted by Gasteiger charge is -2.06. The van der Waals surface area contributed by atoms with E-state index in [9.17, 15) is 0 Å². The molecule has 0 aromatic heterocycles. The summed E-state index contributed by atoms with van der Waals surface area (Å²) in [5.41, 5.74) is 8.12. The maximum Gasteiger partial charge on any atom is -0.00258 e. The molecule has 0 unspecified atom stereocenters. The number of rotatable bonds is 5. The van der Waals surface area contributed by atoms with Crippen LogP contribution in [0.4, 0.5) is 0 Å². The normalized spacial score (nSPS) is 10.7. The minimum atomic E-state index is 0.999. The average Bonchev–Trinajstić information content (AvgIpc) is 2.63. The second kappa shape index (κ2) is 7.28. The third-order valence-electron chi connectivity index (χ3n) is 4.49. The van der Waals surface area contributed by atoms with Crippen molar-refractivity contribution in [2.24, 2.45) is 0 Å². The van der Waals surface area contributed by atoms with Crippen molar-refractivity contribution in [3.63, 3.8) is 0 Å². The van der Waals surface area contributed by atoms with E-state index in [0.29, 0.717) is 0 Å². The van der Waals surface area contributed by atoms with Crippen LogP contribution < -0.4 is 0 Å². The van der Waals surface area contributed by atoms with Crippen molar-refractivity contribution >= 4 is 0 Å². The average molecular weight is 300 g/mol. The molecule has 23 heavy (non-hydrogen) atoms. The van der Waals surface area contributed by atoms with Crippen LogP contribution in [0.15, 0.2) is 72.8 Å². The molecule has 0 heterocycles. The summed E-state index contributed by atoms with van der Waals surface area (Å²) in [5, 5.41) is 0. The highest BCUT2D eigenvalue weighted by molar-refractivity contribution is 5.64. The van der Waals surface area contributed by atoms with Crippen molar-refractivity contribution in [2.45, 2.75) is 33.1 Å². The molecule has 0 aliphatic heterocycles. The fraction of sp³-hybridized carbons (Fsp3) is 0.217. The van der Waals surface area contributed by atoms with Crippen LogP contribution in [0.3, 0.4) is 0 Å². The topological polar surface area (TPSA) is 0 Å². The monoisotopic (exact) mass is 300 g/mol. The van der Waals surface area contributed by atoms with Crippen molar-refractivity contribution in [3.05, 3.63) is 95.1 Å². The summed E-state index contributed by atoms with van der Waals surface area (Å²) >= 11 is 0. The summed E-state index contributed by atoms with van der Waals surface area (Å²) < 4.78 is 0. The van der Waals surface area contributed by atoms with Crippen molar-refractivity contribution in [3.8, 4) is 11.1 Å². The molecule has 3 aromatic rings. The fourth-order valence-corrected chi connectivity index (χ4v) is 2.88. The predicted octanol–water partition coefficient (Wildman–Crippen LogP) is 6.07. The minimum Gasteiger partial charge on any atom is -0.0613 e. The summed E-state index contributed by atoms with van der Waals surface area (Å²) in [4.78, 5) is 0. The fourth-order valence-electron chi connectivity index (χ4n) is 2.88. The van der Waals surface area contributed by atoms with Crippen molar-refractivity contribution in [1.29, 1.82) is 0 Å². The molecule has 0 saturated heterocycles. The molecule has 0 spiro atoms. The Balaban J connectivity index is 1.72. The van der Waals surface area contributed by atoms with Gasteiger partial charge in [-0.1, -0.05) is 86.6 Å². The van der Waals surface area contributed by atoms with Crippen LogP contribution in [0.5, 0.6) is 0 Å². The molecule has 0 nitrogen and oxygen atoms in total. The van der Waals surface area contributed by atoms with Gasteiger partial charge >= 0.3 is 0 Å². The molecule has 116 valence electrons. The number of benzene rings is 3. The van der Waals surface area contributed by atoms with E-state index in [2.05, 4.69) is 86.6 Å². The van der Waals surface area contributed by atoms with Crippen LogP contribution in [-0.2, 0) is 19.3 Å². The van der Waals surface area contributed by atoms with Gasteiger partial charge in [0.25, 0.3) is 0 Å². The second-order valence-corrected chi connectivity index (χ2v) is 6.09. The van der Waals surface area contributed by atoms with E-state index in [-0.39, 0.29) is 0 Å². The van der Waals surface area contributed by atoms with Crippen LogP contribution in [0.1, 0.15) is 36.1 Å². The Labute approximate surface area is 139 Å². The first-order chi connectivity index (χ1) is 11.3. The van der Waals surface area contributed by atoms with E-state index in [1.54, 1.807) is 0 Å². The van der Waals surface area contributed by atoms with Gasteiger partial charge in [-0.15, -0.1) is 0 Å². The van der Waals surface area contributed by atoms with Gasteiger partial charge in [0.05, 0.1) is 0 Å². The van der Waals surface area contributed by atoms with Crippen LogP contribution in [-0.4, -0.2) is 0 Å². The Morgan fingerprint density at radius 2 is 0.739 bits per heavy atom. The van der Waals surface area contributed by atoms with Gasteiger partial charge in [0.1, 0.15) is 0 Å². The Kier molecular flexibility index (Phi) is 4.92. The molecule has 0 atom stereocenters. The van der Waals surface area contributed by atoms with Gasteiger partial charge in [0, 0.05) is 0 Å². The quantitative estimate of drug-likeness (QED) is 0.536. The van der Waals surface area contributed by atoms with Gasteiger partial charge in [-0.05, 0) is 52.6 Å². The number of aryl methyl sites for hydroxylation is 2. The zero-order chi connectivity index (χ0) is 16.1. The van der Waals surface area contributed by atoms with Crippen LogP contribution in [0, 0.1) is 0 Å². The Morgan fingerprint density at radius 3 is 1.13 bits per heavy atom. The largest absolute Gasteiger partial charge is 0.0613 e. The molecule has 0 aliphatic rings. The van der Waals surface area contributed by atoms with E-state index >= 15 is 0 Å². The third-order valence-corrected chi connectivity index (χ3v) is 4.49. The molecular formula is C23H24. The van der Waals surface area contributed by atoms with Gasteiger partial charge < -0.3 is 0 Å². The van der Waals surface area contributed by atoms with E-state index in [4.69, 9.17) is 0 Å². The number of hydrogen-bond acceptors (Lipinski definition) is 0. The first-order valence-corrected chi connectivity index (χ1v) is 8.54. The lowest BCUT2D eigenvalue weighted by atomic mass is 9.99. The maximum absolute atomic E-state index is 2.25. The highest BCUT2D eigenvalue weighted by Gasteiger charge is 2.00. The zero-order valence-electron chi connectivity index (χ0n) is 14.0. The summed E-state index contributed by atoms with van der Waals surface area (Å²) in [7, 11) is 0. The minimum absolute atomic E-state index is 0.999. The van der Waals surface area contributed by atoms with E-state index in [0.717, 1.165) is 19.3 Å². The zero-order valence-corrected chi connectivity index (χ0v) is 14.0. The summed E-state index contributed by atoms with van der Waals surface area (Å²) in [6, 6.07) is 26.8. The molecular weight excluding hydrogens is 276 g/mol. The molecule has 3 aromatic carbocycles. The van der Waals surface area contributed by atoms with Crippen molar-refractivity contribution in [1.82, 2.24) is 0 Å². The van der Waals surface area contributed by atoms with Crippen molar-refractivity contribution < 1.29 is 0 Å². The lowest BCUT2D eigenvalue weighted by molar-refractivity contribution is 1.12. The van der Waals surface area contributed by atoms with Crippen LogP contribution >= 0.6 is 0 Å². The van der Waals surface area contributed by atoms with Crippen LogP contribution in [0.25, 0.3) is 11.1 Å². The first kappa shape index (κ1) is 15.6. The summed E-state index contributed by atoms with van der Waals surface area (Å²) in [6.07, 6.45) is 3.20. The SMILES string of the molecule is CCc1ccc(Cc2ccc(-c3ccc(CC)cc3)cc2)cc1. The van der Waals surface area contributed by atoms with Crippen LogP contribution in [0.2, 0.25) is 0 Å². The highest BCUT2D eigenvalue weighted by Crippen LogP contribution is 2.21. The van der Waals surface area contributed by atoms with E-state index < -0.39 is 0 Å². The smallest absolute Gasteiger partial charge is 0.00258 e. The van der Waals surface area contributed by atoms with Gasteiger partial charge in [-0.2, -0.15) is 0 Å². The summed E-state index contributed by atoms with van der Waals surface area (Å²) in [5.74, 6) is 0. The van der Waals surface area contributed by atoms with E-state index in [1.165, 1.54) is 33.4 Å². The molecule has 0 radical (unpaired) electrons. The standard InChI is InChI=1S/C23H24/c1-3-18-5-7-20(8-6-18)17-21-11-15-23(16-12-21)22-13-9-19(4-2)10-14-22/h5-16H,3-4,17H2,1-2H3. The lowest BCUT2D eigenvalue weighted by Crippen LogP contribution is -1.89. The van der Waals surface area contributed by atoms with Gasteiger partial charge in [0.15, 0.2) is 0 Å². The molecule has 0 aliphatic carbocycles. The molecule has 0 heteroatoms. The Morgan fingerprint density at radius 1 is 0.435 bits per heavy atom. The number of hydrogen-bond donors (Lipinski definition) is 0. The first-order valence-electron chi connectivity index (χ1n) is 8.54. The molecule has 0 fully saturated rings. The third kappa shape index (κ3) is 3.90. The van der Waals surface area contributed by atoms with Gasteiger partial charge in [0.2, 0.25) is 0 Å². The molecule has 0 amide bonds. The Bertz CT molecular complexity index is 732. The summed E-state index contributed by atoms with van der Waals surface area (Å²) in [6.45, 7) is 4.39. The van der Waals surface area contributed by atoms with Gasteiger partial charge in [-0.3, -0.25) is 0 Å². The van der Waals surface area contributed by atoms with E-state index in [1.807, 2.05) is 0 Å². The Hall–Kier alpha value is -2.34. The maximum atomic E-state index is 2.25.